The van der Waals surface area contributed by atoms with Gasteiger partial charge in [0.2, 0.25) is 11.8 Å². The first-order chi connectivity index (χ1) is 27.9. The first-order valence-corrected chi connectivity index (χ1v) is 22.1. The largest absolute Gasteiger partial charge is 0.500 e. The Balaban J connectivity index is 1.63. The summed E-state index contributed by atoms with van der Waals surface area (Å²) in [6.07, 6.45) is 0.518. The predicted octanol–water partition coefficient (Wildman–Crippen LogP) is 11.1. The fourth-order valence-corrected chi connectivity index (χ4v) is 10.7. The first kappa shape index (κ1) is 43.2. The predicted molar refractivity (Wildman–Crippen MR) is 238 cm³/mol. The van der Waals surface area contributed by atoms with Crippen molar-refractivity contribution in [3.8, 4) is 0 Å². The minimum absolute atomic E-state index is 0.122. The molecule has 0 aliphatic rings. The molecule has 0 amide bonds. The Morgan fingerprint density at radius 2 is 1.02 bits per heavy atom. The van der Waals surface area contributed by atoms with Gasteiger partial charge in [-0.25, -0.2) is 14.6 Å². The number of carbonyl (C=O) groups is 2. The molecule has 310 valence electrons. The molecule has 0 radical (unpaired) electrons. The van der Waals surface area contributed by atoms with Crippen LogP contribution in [0.25, 0.3) is 43.1 Å². The second kappa shape index (κ2) is 16.7. The van der Waals surface area contributed by atoms with Gasteiger partial charge < -0.3 is 33.7 Å². The highest BCUT2D eigenvalue weighted by Crippen LogP contribution is 2.45. The molecule has 6 aromatic carbocycles. The van der Waals surface area contributed by atoms with Crippen molar-refractivity contribution in [3.05, 3.63) is 100 Å². The van der Waals surface area contributed by atoms with Crippen molar-refractivity contribution in [2.45, 2.75) is 85.6 Å². The van der Waals surface area contributed by atoms with Gasteiger partial charge in [-0.2, -0.15) is 0 Å². The zero-order valence-corrected chi connectivity index (χ0v) is 36.3. The Labute approximate surface area is 345 Å². The lowest BCUT2D eigenvalue weighted by molar-refractivity contribution is 0.0692. The summed E-state index contributed by atoms with van der Waals surface area (Å²) in [6, 6.07) is 20.0. The van der Waals surface area contributed by atoms with Crippen molar-refractivity contribution >= 4 is 81.3 Å². The van der Waals surface area contributed by atoms with Crippen LogP contribution in [-0.4, -0.2) is 79.3 Å². The highest BCUT2D eigenvalue weighted by molar-refractivity contribution is 6.60. The number of rotatable bonds is 15. The number of carboxylic acids is 2. The van der Waals surface area contributed by atoms with Gasteiger partial charge in [-0.15, -0.1) is 0 Å². The normalized spacial score (nSPS) is 13.4. The summed E-state index contributed by atoms with van der Waals surface area (Å²) in [7, 11) is -2.95. The van der Waals surface area contributed by atoms with Crippen molar-refractivity contribution in [2.24, 2.45) is 9.98 Å². The lowest BCUT2D eigenvalue weighted by Crippen LogP contribution is -2.46. The van der Waals surface area contributed by atoms with E-state index in [9.17, 15) is 30.0 Å². The third-order valence-electron chi connectivity index (χ3n) is 10.7. The van der Waals surface area contributed by atoms with Crippen molar-refractivity contribution in [3.63, 3.8) is 0 Å². The van der Waals surface area contributed by atoms with Gasteiger partial charge in [0.15, 0.2) is 0 Å². The molecule has 0 saturated heterocycles. The smallest absolute Gasteiger partial charge is 0.493 e. The Kier molecular flexibility index (Phi) is 12.2. The van der Waals surface area contributed by atoms with E-state index in [1.54, 1.807) is 24.3 Å². The Morgan fingerprint density at radius 3 is 1.44 bits per heavy atom. The standard InChI is InChI=1S/C47H54N2O9Si/c1-10-56-59(57-11-2,58-12-3)25-13-24-48-42(50)32-19-15-28-30-17-21-34(44(52)53)41-35(45(54)55)22-18-31(39(30)41)29-16-20-33(40(32)38(28)29)43(51)49-37-26-27(46(4,5)6)14-23-36(37)47(7,8)9/h14-23,26H,10-13,24-25H2,1-9H3,(H,48,50)(H,49,51)(H,52,53)(H,54,55). The number of hydrogen-bond acceptors (Lipinski definition) is 7. The van der Waals surface area contributed by atoms with Crippen LogP contribution in [0.15, 0.2) is 76.7 Å². The third kappa shape index (κ3) is 8.27. The Morgan fingerprint density at radius 1 is 0.576 bits per heavy atom. The number of aromatic carboxylic acids is 2. The summed E-state index contributed by atoms with van der Waals surface area (Å²) in [5.74, 6) is -3.00. The zero-order valence-electron chi connectivity index (χ0n) is 35.3. The van der Waals surface area contributed by atoms with Gasteiger partial charge in [0.1, 0.15) is 0 Å². The SMILES string of the molecule is CCO[Si](CCCN=C(O)c1ccc2c3ccc(C(=O)O)c4c(C(=O)O)ccc(c5ccc(C(O)=Nc6cc(C(C)(C)C)ccc6C(C)(C)C)c1c25)c43)(OCC)OCC. The molecule has 4 N–H and O–H groups in total. The number of aliphatic hydroxyl groups is 2. The van der Waals surface area contributed by atoms with Crippen LogP contribution in [0.2, 0.25) is 6.04 Å². The lowest BCUT2D eigenvalue weighted by atomic mass is 9.81. The van der Waals surface area contributed by atoms with E-state index in [4.69, 9.17) is 18.3 Å². The molecular weight excluding hydrogens is 765 g/mol. The lowest BCUT2D eigenvalue weighted by Gasteiger charge is -2.28. The molecule has 0 unspecified atom stereocenters. The number of carboxylic acid groups (broad SMARTS) is 2. The molecule has 0 aromatic heterocycles. The molecule has 0 spiro atoms. The maximum absolute atomic E-state index is 12.5. The summed E-state index contributed by atoms with van der Waals surface area (Å²) >= 11 is 0. The fraction of sp³-hybridized carbons (Fsp3) is 0.362. The first-order valence-electron chi connectivity index (χ1n) is 20.1. The molecule has 0 saturated carbocycles. The number of nitrogens with zero attached hydrogens (tertiary/aromatic N) is 2. The van der Waals surface area contributed by atoms with E-state index < -0.39 is 20.7 Å². The molecule has 59 heavy (non-hydrogen) atoms. The number of aliphatic hydroxyl groups excluding tert-OH is 2. The van der Waals surface area contributed by atoms with Crippen molar-refractivity contribution < 1.29 is 43.3 Å². The number of hydrogen-bond donors (Lipinski definition) is 4. The molecule has 0 bridgehead atoms. The molecule has 6 aromatic rings. The van der Waals surface area contributed by atoms with Crippen LogP contribution < -0.4 is 0 Å². The molecule has 11 nitrogen and oxygen atoms in total. The van der Waals surface area contributed by atoms with Crippen LogP contribution in [0.3, 0.4) is 0 Å². The molecule has 12 heteroatoms. The van der Waals surface area contributed by atoms with Gasteiger partial charge in [0.25, 0.3) is 0 Å². The van der Waals surface area contributed by atoms with E-state index in [1.807, 2.05) is 39.0 Å². The van der Waals surface area contributed by atoms with Crippen LogP contribution in [0.5, 0.6) is 0 Å². The van der Waals surface area contributed by atoms with Crippen LogP contribution in [0, 0.1) is 0 Å². The summed E-state index contributed by atoms with van der Waals surface area (Å²) in [5, 5.41) is 48.8. The van der Waals surface area contributed by atoms with E-state index in [0.717, 1.165) is 11.1 Å². The third-order valence-corrected chi connectivity index (χ3v) is 13.9. The van der Waals surface area contributed by atoms with Crippen LogP contribution >= 0.6 is 0 Å². The number of aliphatic imine (C=N–C) groups is 2. The maximum atomic E-state index is 12.5. The van der Waals surface area contributed by atoms with E-state index in [-0.39, 0.29) is 45.7 Å². The highest BCUT2D eigenvalue weighted by Gasteiger charge is 2.39. The van der Waals surface area contributed by atoms with E-state index in [2.05, 4.69) is 58.7 Å². The van der Waals surface area contributed by atoms with Crippen molar-refractivity contribution in [1.82, 2.24) is 0 Å². The minimum Gasteiger partial charge on any atom is -0.493 e. The molecule has 6 rings (SSSR count). The van der Waals surface area contributed by atoms with Crippen LogP contribution in [0.4, 0.5) is 5.69 Å². The second-order valence-corrected chi connectivity index (χ2v) is 19.4. The summed E-state index contributed by atoms with van der Waals surface area (Å²) in [5.41, 5.74) is 2.59. The van der Waals surface area contributed by atoms with Crippen molar-refractivity contribution in [2.75, 3.05) is 26.4 Å². The Hall–Kier alpha value is -5.40. The molecule has 0 atom stereocenters. The highest BCUT2D eigenvalue weighted by atomic mass is 28.4. The zero-order chi connectivity index (χ0) is 43.0. The van der Waals surface area contributed by atoms with Crippen LogP contribution in [0.1, 0.15) is 112 Å². The van der Waals surface area contributed by atoms with Crippen LogP contribution in [-0.2, 0) is 24.1 Å². The molecule has 0 heterocycles. The van der Waals surface area contributed by atoms with E-state index in [0.29, 0.717) is 86.8 Å². The topological polar surface area (TPSA) is 167 Å². The molecule has 0 aliphatic heterocycles. The van der Waals surface area contributed by atoms with Gasteiger partial charge in [0.05, 0.1) is 16.8 Å². The van der Waals surface area contributed by atoms with Crippen molar-refractivity contribution in [1.29, 1.82) is 0 Å². The van der Waals surface area contributed by atoms with Gasteiger partial charge in [-0.05, 0) is 112 Å². The quantitative estimate of drug-likeness (QED) is 0.0197. The second-order valence-electron chi connectivity index (χ2n) is 16.7. The van der Waals surface area contributed by atoms with E-state index >= 15 is 0 Å². The average Bonchev–Trinajstić information content (AvgIpc) is 3.17. The molecule has 0 fully saturated rings. The van der Waals surface area contributed by atoms with Gasteiger partial charge >= 0.3 is 20.7 Å². The molecular formula is C47H54N2O9Si. The monoisotopic (exact) mass is 818 g/mol. The summed E-state index contributed by atoms with van der Waals surface area (Å²) in [6.45, 7) is 19.9. The number of benzene rings is 6. The summed E-state index contributed by atoms with van der Waals surface area (Å²) in [4.78, 5) is 34.5. The Bertz CT molecular complexity index is 2550. The van der Waals surface area contributed by atoms with Gasteiger partial charge in [-0.1, -0.05) is 77.9 Å². The van der Waals surface area contributed by atoms with Gasteiger partial charge in [-0.3, -0.25) is 4.99 Å². The molecule has 0 aliphatic carbocycles. The number of fused-ring (bicyclic) bond motifs is 2. The van der Waals surface area contributed by atoms with Gasteiger partial charge in [0, 0.05) is 54.3 Å². The maximum Gasteiger partial charge on any atom is 0.500 e. The average molecular weight is 819 g/mol. The fourth-order valence-electron chi connectivity index (χ4n) is 8.08. The summed E-state index contributed by atoms with van der Waals surface area (Å²) < 4.78 is 18.1. The van der Waals surface area contributed by atoms with E-state index in [1.165, 1.54) is 12.1 Å². The minimum atomic E-state index is -2.95.